The predicted octanol–water partition coefficient (Wildman–Crippen LogP) is 4.22. The highest BCUT2D eigenvalue weighted by Crippen LogP contribution is 2.45. The van der Waals surface area contributed by atoms with Crippen LogP contribution in [-0.2, 0) is 24.6 Å². The number of ether oxygens (including phenoxy) is 1. The number of fused-ring (bicyclic) bond motifs is 1. The van der Waals surface area contributed by atoms with E-state index in [0.717, 1.165) is 24.7 Å². The quantitative estimate of drug-likeness (QED) is 0.350. The van der Waals surface area contributed by atoms with E-state index in [9.17, 15) is 18.0 Å². The van der Waals surface area contributed by atoms with Crippen molar-refractivity contribution < 1.29 is 26.8 Å². The number of rotatable bonds is 6. The van der Waals surface area contributed by atoms with Gasteiger partial charge in [0.15, 0.2) is 17.3 Å². The Morgan fingerprint density at radius 2 is 1.90 bits per heavy atom. The summed E-state index contributed by atoms with van der Waals surface area (Å²) in [6.07, 6.45) is 0.959. The van der Waals surface area contributed by atoms with Crippen LogP contribution >= 0.6 is 0 Å². The number of hydrogen-bond acceptors (Lipinski definition) is 8. The van der Waals surface area contributed by atoms with E-state index in [0.29, 0.717) is 21.6 Å². The molecule has 4 aromatic rings. The molecule has 0 radical (unpaired) electrons. The van der Waals surface area contributed by atoms with Crippen LogP contribution < -0.4 is 14.5 Å². The average molecular weight is 554 g/mol. The fraction of sp³-hybridized carbons (Fsp3) is 0.333. The summed E-state index contributed by atoms with van der Waals surface area (Å²) in [5.41, 5.74) is 1.44. The standard InChI is InChI=1S/C27H25F3N8O2/c1-36-12-19(27(28,29)30)34-24(36)17-6-4-15(5-7-17)11-38-13-20(39)37(2)18-10-31-23(35-25(18)38)21-22(16-8-9-16)32-14-33-26(21)40-3/h4-7,10,12,14,16H,8-9,11,13H2,1-3H3/i2D3. The highest BCUT2D eigenvalue weighted by atomic mass is 19.4. The van der Waals surface area contributed by atoms with Gasteiger partial charge in [0.2, 0.25) is 11.8 Å². The van der Waals surface area contributed by atoms with Crippen molar-refractivity contribution in [3.05, 3.63) is 59.9 Å². The topological polar surface area (TPSA) is 102 Å². The number of aromatic nitrogens is 6. The monoisotopic (exact) mass is 553 g/mol. The van der Waals surface area contributed by atoms with Crippen LogP contribution in [0.3, 0.4) is 0 Å². The van der Waals surface area contributed by atoms with Gasteiger partial charge in [0.05, 0.1) is 25.5 Å². The molecule has 206 valence electrons. The van der Waals surface area contributed by atoms with Crippen molar-refractivity contribution in [2.45, 2.75) is 31.5 Å². The van der Waals surface area contributed by atoms with Crippen LogP contribution in [0.1, 0.15) is 39.8 Å². The van der Waals surface area contributed by atoms with Gasteiger partial charge >= 0.3 is 6.18 Å². The second-order valence-corrected chi connectivity index (χ2v) is 9.66. The first-order valence-electron chi connectivity index (χ1n) is 13.9. The summed E-state index contributed by atoms with van der Waals surface area (Å²) in [4.78, 5) is 37.0. The van der Waals surface area contributed by atoms with Crippen molar-refractivity contribution in [2.24, 2.45) is 7.05 Å². The second kappa shape index (κ2) is 9.57. The van der Waals surface area contributed by atoms with Crippen LogP contribution in [0.4, 0.5) is 24.7 Å². The molecule has 0 spiro atoms. The molecule has 0 atom stereocenters. The van der Waals surface area contributed by atoms with Gasteiger partial charge in [-0.05, 0) is 18.4 Å². The van der Waals surface area contributed by atoms with Gasteiger partial charge in [-0.2, -0.15) is 13.2 Å². The summed E-state index contributed by atoms with van der Waals surface area (Å²) >= 11 is 0. The molecule has 40 heavy (non-hydrogen) atoms. The second-order valence-electron chi connectivity index (χ2n) is 9.66. The van der Waals surface area contributed by atoms with Crippen LogP contribution in [0.2, 0.25) is 0 Å². The molecule has 4 heterocycles. The van der Waals surface area contributed by atoms with E-state index < -0.39 is 24.8 Å². The minimum absolute atomic E-state index is 0.0214. The maximum absolute atomic E-state index is 13.1. The predicted molar refractivity (Wildman–Crippen MR) is 140 cm³/mol. The number of carbonyl (C=O) groups excluding carboxylic acids is 1. The Kier molecular flexibility index (Phi) is 5.33. The van der Waals surface area contributed by atoms with Crippen molar-refractivity contribution in [1.29, 1.82) is 0 Å². The Bertz CT molecular complexity index is 1710. The number of methoxy groups -OCH3 is 1. The van der Waals surface area contributed by atoms with E-state index in [1.807, 2.05) is 0 Å². The van der Waals surface area contributed by atoms with Crippen LogP contribution in [-0.4, -0.2) is 56.0 Å². The van der Waals surface area contributed by atoms with Crippen molar-refractivity contribution >= 4 is 17.4 Å². The maximum Gasteiger partial charge on any atom is 0.434 e. The zero-order chi connectivity index (χ0) is 30.7. The Balaban J connectivity index is 1.37. The van der Waals surface area contributed by atoms with Crippen LogP contribution in [0.15, 0.2) is 43.0 Å². The fourth-order valence-corrected chi connectivity index (χ4v) is 4.72. The molecule has 13 heteroatoms. The molecule has 1 aliphatic carbocycles. The van der Waals surface area contributed by atoms with E-state index in [-0.39, 0.29) is 48.0 Å². The first-order valence-corrected chi connectivity index (χ1v) is 12.4. The number of alkyl halides is 3. The number of hydrogen-bond donors (Lipinski definition) is 0. The molecule has 1 aliphatic heterocycles. The number of benzene rings is 1. The molecule has 1 aromatic carbocycles. The average Bonchev–Trinajstić information content (AvgIpc) is 3.72. The third-order valence-corrected chi connectivity index (χ3v) is 6.84. The Hall–Kier alpha value is -4.55. The number of aryl methyl sites for hydroxylation is 1. The number of carbonyl (C=O) groups is 1. The molecule has 0 saturated heterocycles. The first-order chi connectivity index (χ1) is 20.3. The number of anilines is 2. The lowest BCUT2D eigenvalue weighted by Crippen LogP contribution is -2.44. The number of halogens is 3. The number of nitrogens with zero attached hydrogens (tertiary/aromatic N) is 8. The number of amides is 1. The summed E-state index contributed by atoms with van der Waals surface area (Å²) in [5.74, 6) is 0.417. The van der Waals surface area contributed by atoms with E-state index in [1.54, 1.807) is 29.2 Å². The lowest BCUT2D eigenvalue weighted by Gasteiger charge is -2.34. The minimum atomic E-state index is -4.57. The SMILES string of the molecule is [2H]C([2H])([2H])N1C(=O)CN(Cc2ccc(-c3nc(C(F)(F)F)cn3C)cc2)c2nc(-c3c(OC)ncnc3C3CC3)ncc21. The van der Waals surface area contributed by atoms with Gasteiger partial charge in [0.25, 0.3) is 0 Å². The van der Waals surface area contributed by atoms with E-state index in [4.69, 9.17) is 13.8 Å². The van der Waals surface area contributed by atoms with E-state index >= 15 is 0 Å². The van der Waals surface area contributed by atoms with Crippen LogP contribution in [0.25, 0.3) is 22.8 Å². The molecular weight excluding hydrogens is 525 g/mol. The summed E-state index contributed by atoms with van der Waals surface area (Å²) in [7, 11) is 2.96. The normalized spacial score (nSPS) is 16.8. The van der Waals surface area contributed by atoms with Gasteiger partial charge in [-0.25, -0.2) is 24.9 Å². The van der Waals surface area contributed by atoms with Crippen LogP contribution in [0, 0.1) is 0 Å². The Morgan fingerprint density at radius 3 is 2.55 bits per heavy atom. The molecule has 6 rings (SSSR count). The van der Waals surface area contributed by atoms with Crippen molar-refractivity contribution in [3.8, 4) is 28.7 Å². The summed E-state index contributed by atoms with van der Waals surface area (Å²) in [6, 6.07) is 6.69. The van der Waals surface area contributed by atoms with Gasteiger partial charge in [-0.1, -0.05) is 24.3 Å². The lowest BCUT2D eigenvalue weighted by molar-refractivity contribution is -0.140. The highest BCUT2D eigenvalue weighted by molar-refractivity contribution is 6.02. The van der Waals surface area contributed by atoms with Gasteiger partial charge in [0, 0.05) is 42.4 Å². The van der Waals surface area contributed by atoms with Crippen LogP contribution in [0.5, 0.6) is 5.88 Å². The molecular formula is C27H25F3N8O2. The molecule has 10 nitrogen and oxygen atoms in total. The lowest BCUT2D eigenvalue weighted by atomic mass is 10.1. The molecule has 2 aliphatic rings. The number of imidazole rings is 1. The van der Waals surface area contributed by atoms with Gasteiger partial charge < -0.3 is 19.1 Å². The summed E-state index contributed by atoms with van der Waals surface area (Å²) in [5, 5.41) is 0. The maximum atomic E-state index is 13.1. The summed E-state index contributed by atoms with van der Waals surface area (Å²) < 4.78 is 70.1. The van der Waals surface area contributed by atoms with E-state index in [1.165, 1.54) is 31.2 Å². The molecule has 0 unspecified atom stereocenters. The molecule has 1 amide bonds. The van der Waals surface area contributed by atoms with Crippen molar-refractivity contribution in [3.63, 3.8) is 0 Å². The number of likely N-dealkylation sites (N-methyl/N-ethyl adjacent to an activating group) is 1. The van der Waals surface area contributed by atoms with Gasteiger partial charge in [-0.3, -0.25) is 4.79 Å². The molecule has 1 fully saturated rings. The third-order valence-electron chi connectivity index (χ3n) is 6.84. The largest absolute Gasteiger partial charge is 0.480 e. The van der Waals surface area contributed by atoms with Crippen molar-refractivity contribution in [1.82, 2.24) is 29.5 Å². The zero-order valence-electron chi connectivity index (χ0n) is 24.5. The highest BCUT2D eigenvalue weighted by Gasteiger charge is 2.35. The third kappa shape index (κ3) is 4.61. The van der Waals surface area contributed by atoms with Gasteiger partial charge in [-0.15, -0.1) is 0 Å². The molecule has 0 bridgehead atoms. The van der Waals surface area contributed by atoms with E-state index in [2.05, 4.69) is 19.9 Å². The zero-order valence-corrected chi connectivity index (χ0v) is 21.5. The van der Waals surface area contributed by atoms with Crippen molar-refractivity contribution in [2.75, 3.05) is 30.4 Å². The smallest absolute Gasteiger partial charge is 0.434 e. The molecule has 3 aromatic heterocycles. The molecule has 1 saturated carbocycles. The Labute approximate surface area is 231 Å². The first kappa shape index (κ1) is 22.3. The summed E-state index contributed by atoms with van der Waals surface area (Å²) in [6.45, 7) is -2.90. The minimum Gasteiger partial charge on any atom is -0.480 e. The fourth-order valence-electron chi connectivity index (χ4n) is 4.72. The Morgan fingerprint density at radius 1 is 1.12 bits per heavy atom. The molecule has 0 N–H and O–H groups in total. The van der Waals surface area contributed by atoms with Gasteiger partial charge in [0.1, 0.15) is 23.4 Å².